The summed E-state index contributed by atoms with van der Waals surface area (Å²) >= 11 is 0. The number of hydrogen-bond donors (Lipinski definition) is 2. The molecule has 1 heterocycles. The first kappa shape index (κ1) is 29.7. The zero-order valence-electron chi connectivity index (χ0n) is 19.5. The van der Waals surface area contributed by atoms with Crippen molar-refractivity contribution in [3.8, 4) is 12.4 Å². The van der Waals surface area contributed by atoms with E-state index in [4.69, 9.17) is 10.5 Å². The predicted molar refractivity (Wildman–Crippen MR) is 125 cm³/mol. The molecule has 1 aliphatic heterocycles. The molecule has 0 bridgehead atoms. The number of rotatable bonds is 15. The molecule has 0 aromatic rings. The van der Waals surface area contributed by atoms with Crippen LogP contribution in [0.5, 0.6) is 0 Å². The van der Waals surface area contributed by atoms with Crippen LogP contribution in [0.4, 0.5) is 0 Å². The van der Waals surface area contributed by atoms with Gasteiger partial charge < -0.3 is 16.4 Å². The third-order valence-corrected chi connectivity index (χ3v) is 5.57. The van der Waals surface area contributed by atoms with E-state index in [0.29, 0.717) is 0 Å². The van der Waals surface area contributed by atoms with Crippen LogP contribution in [-0.2, 0) is 0 Å². The van der Waals surface area contributed by atoms with Gasteiger partial charge in [0.1, 0.15) is 0 Å². The number of hydrogen-bond acceptors (Lipinski definition) is 5. The van der Waals surface area contributed by atoms with Crippen molar-refractivity contribution < 1.29 is 0 Å². The molecular weight excluding hydrogens is 358 g/mol. The lowest BCUT2D eigenvalue weighted by Crippen LogP contribution is -2.34. The van der Waals surface area contributed by atoms with Crippen LogP contribution in [0.1, 0.15) is 117 Å². The maximum Gasteiger partial charge on any atom is 0.173 e. The zero-order chi connectivity index (χ0) is 22.0. The average Bonchev–Trinajstić information content (AvgIpc) is 2.69. The topological polar surface area (TPSA) is 103 Å². The van der Waals surface area contributed by atoms with E-state index in [1.165, 1.54) is 135 Å². The molecule has 0 spiro atoms. The van der Waals surface area contributed by atoms with Gasteiger partial charge in [-0.25, -0.2) is 0 Å². The summed E-state index contributed by atoms with van der Waals surface area (Å²) in [6.07, 6.45) is 25.9. The minimum Gasteiger partial charge on any atom is -0.337 e. The van der Waals surface area contributed by atoms with Crippen LogP contribution >= 0.6 is 0 Å². The average molecular weight is 408 g/mol. The van der Waals surface area contributed by atoms with E-state index >= 15 is 0 Å². The van der Waals surface area contributed by atoms with Crippen LogP contribution in [0.3, 0.4) is 0 Å². The summed E-state index contributed by atoms with van der Waals surface area (Å²) in [5.74, 6) is 0.940. The van der Waals surface area contributed by atoms with E-state index in [2.05, 4.69) is 30.2 Å². The highest BCUT2D eigenvalue weighted by Gasteiger charge is 2.14. The minimum atomic E-state index is 0.940. The number of nitrogens with zero attached hydrogens (tertiary/aromatic N) is 3. The first-order valence-corrected chi connectivity index (χ1v) is 12.1. The van der Waals surface area contributed by atoms with Crippen molar-refractivity contribution in [1.29, 1.82) is 10.5 Å². The number of likely N-dealkylation sites (tertiary alicyclic amines) is 1. The highest BCUT2D eigenvalue weighted by atomic mass is 15.1. The predicted octanol–water partition coefficient (Wildman–Crippen LogP) is 6.05. The summed E-state index contributed by atoms with van der Waals surface area (Å²) < 4.78 is 0. The maximum atomic E-state index is 7.10. The lowest BCUT2D eigenvalue weighted by molar-refractivity contribution is 0.180. The van der Waals surface area contributed by atoms with Gasteiger partial charge in [-0.2, -0.15) is 10.5 Å². The van der Waals surface area contributed by atoms with Crippen LogP contribution in [0, 0.1) is 28.8 Å². The smallest absolute Gasteiger partial charge is 0.173 e. The van der Waals surface area contributed by atoms with Crippen molar-refractivity contribution >= 4 is 0 Å². The molecule has 0 amide bonds. The Kier molecular flexibility index (Phi) is 27.2. The van der Waals surface area contributed by atoms with Gasteiger partial charge in [0.25, 0.3) is 0 Å². The Hall–Kier alpha value is -1.46. The second-order valence-corrected chi connectivity index (χ2v) is 8.40. The summed E-state index contributed by atoms with van der Waals surface area (Å²) in [6.45, 7) is 8.80. The molecule has 0 saturated carbocycles. The van der Waals surface area contributed by atoms with Gasteiger partial charge in [-0.3, -0.25) is 0 Å². The summed E-state index contributed by atoms with van der Waals surface area (Å²) in [5, 5.41) is 14.2. The van der Waals surface area contributed by atoms with Gasteiger partial charge in [0.2, 0.25) is 0 Å². The van der Waals surface area contributed by atoms with Gasteiger partial charge in [0.05, 0.1) is 0 Å². The van der Waals surface area contributed by atoms with Crippen molar-refractivity contribution in [2.24, 2.45) is 17.4 Å². The first-order chi connectivity index (χ1) is 14.2. The van der Waals surface area contributed by atoms with Crippen LogP contribution in [0.2, 0.25) is 0 Å². The number of unbranched alkanes of at least 4 members (excludes halogenated alkanes) is 13. The second-order valence-electron chi connectivity index (χ2n) is 8.40. The summed E-state index contributed by atoms with van der Waals surface area (Å²) in [5.41, 5.74) is 8.31. The quantitative estimate of drug-likeness (QED) is 0.195. The third-order valence-electron chi connectivity index (χ3n) is 5.57. The van der Waals surface area contributed by atoms with Gasteiger partial charge >= 0.3 is 0 Å². The number of piperidine rings is 1. The fraction of sp³-hybridized carbons (Fsp3) is 0.917. The van der Waals surface area contributed by atoms with E-state index < -0.39 is 0 Å². The molecule has 1 aliphatic rings. The van der Waals surface area contributed by atoms with E-state index in [1.807, 2.05) is 0 Å². The summed E-state index contributed by atoms with van der Waals surface area (Å²) in [6, 6.07) is 0. The highest BCUT2D eigenvalue weighted by Crippen LogP contribution is 2.17. The molecular formula is C24H49N5. The van der Waals surface area contributed by atoms with E-state index in [9.17, 15) is 0 Å². The molecule has 170 valence electrons. The molecule has 4 N–H and O–H groups in total. The monoisotopic (exact) mass is 407 g/mol. The van der Waals surface area contributed by atoms with Gasteiger partial charge in [-0.05, 0) is 38.3 Å². The van der Waals surface area contributed by atoms with Crippen molar-refractivity contribution in [2.45, 2.75) is 117 Å². The molecule has 0 aliphatic carbocycles. The number of nitriles is 2. The van der Waals surface area contributed by atoms with Crippen LogP contribution in [-0.4, -0.2) is 24.5 Å². The van der Waals surface area contributed by atoms with Crippen LogP contribution < -0.4 is 11.5 Å². The molecule has 1 fully saturated rings. The molecule has 1 saturated heterocycles. The first-order valence-electron chi connectivity index (χ1n) is 12.1. The van der Waals surface area contributed by atoms with Gasteiger partial charge in [-0.15, -0.1) is 0 Å². The Labute approximate surface area is 181 Å². The zero-order valence-corrected chi connectivity index (χ0v) is 19.5. The standard InChI is InChI=1S/C22H45N.2CH2N2/c1-3-4-5-6-7-8-9-10-11-12-13-14-15-16-19-23-20-17-18-22(2)21-23;2*2-1-3/h22H,3-21H2,1-2H3;2*2H2. The van der Waals surface area contributed by atoms with Crippen LogP contribution in [0.25, 0.3) is 0 Å². The highest BCUT2D eigenvalue weighted by molar-refractivity contribution is 4.69. The van der Waals surface area contributed by atoms with Gasteiger partial charge in [0.15, 0.2) is 12.4 Å². The Morgan fingerprint density at radius 2 is 1.14 bits per heavy atom. The maximum absolute atomic E-state index is 7.10. The third kappa shape index (κ3) is 26.5. The fourth-order valence-electron chi connectivity index (χ4n) is 4.02. The SMILES string of the molecule is CCCCCCCCCCCCCCCCN1CCCC(C)C1.N#CN.N#CN. The molecule has 0 aromatic heterocycles. The van der Waals surface area contributed by atoms with Crippen molar-refractivity contribution in [3.63, 3.8) is 0 Å². The molecule has 1 atom stereocenters. The lowest BCUT2D eigenvalue weighted by Gasteiger charge is -2.30. The molecule has 1 unspecified atom stereocenters. The molecule has 1 rings (SSSR count). The van der Waals surface area contributed by atoms with Crippen molar-refractivity contribution in [3.05, 3.63) is 0 Å². The molecule has 0 radical (unpaired) electrons. The lowest BCUT2D eigenvalue weighted by atomic mass is 10.00. The largest absolute Gasteiger partial charge is 0.337 e. The minimum absolute atomic E-state index is 0.940. The normalized spacial score (nSPS) is 15.8. The summed E-state index contributed by atoms with van der Waals surface area (Å²) in [7, 11) is 0. The molecule has 0 aromatic carbocycles. The van der Waals surface area contributed by atoms with Gasteiger partial charge in [-0.1, -0.05) is 97.3 Å². The molecule has 5 heteroatoms. The molecule has 29 heavy (non-hydrogen) atoms. The Morgan fingerprint density at radius 1 is 0.759 bits per heavy atom. The fourth-order valence-corrected chi connectivity index (χ4v) is 4.02. The van der Waals surface area contributed by atoms with Crippen LogP contribution in [0.15, 0.2) is 0 Å². The Bertz CT molecular complexity index is 374. The van der Waals surface area contributed by atoms with Crippen molar-refractivity contribution in [1.82, 2.24) is 4.90 Å². The van der Waals surface area contributed by atoms with E-state index in [1.54, 1.807) is 0 Å². The van der Waals surface area contributed by atoms with Crippen molar-refractivity contribution in [2.75, 3.05) is 19.6 Å². The Morgan fingerprint density at radius 3 is 1.52 bits per heavy atom. The molecule has 5 nitrogen and oxygen atoms in total. The second kappa shape index (κ2) is 26.5. The Balaban J connectivity index is 0. The number of nitrogens with two attached hydrogens (primary N) is 2. The summed E-state index contributed by atoms with van der Waals surface area (Å²) in [4.78, 5) is 2.70. The van der Waals surface area contributed by atoms with E-state index in [0.717, 1.165) is 5.92 Å². The van der Waals surface area contributed by atoms with Gasteiger partial charge in [0, 0.05) is 6.54 Å². The van der Waals surface area contributed by atoms with E-state index in [-0.39, 0.29) is 0 Å².